The van der Waals surface area contributed by atoms with E-state index < -0.39 is 16.1 Å². The zero-order valence-electron chi connectivity index (χ0n) is 17.4. The lowest BCUT2D eigenvalue weighted by atomic mass is 10.1. The molecule has 2 aromatic carbocycles. The maximum absolute atomic E-state index is 13.1. The van der Waals surface area contributed by atoms with Gasteiger partial charge in [-0.15, -0.1) is 0 Å². The second-order valence-corrected chi connectivity index (χ2v) is 9.80. The van der Waals surface area contributed by atoms with E-state index in [0.717, 1.165) is 11.1 Å². The van der Waals surface area contributed by atoms with Crippen molar-refractivity contribution in [2.24, 2.45) is 0 Å². The van der Waals surface area contributed by atoms with Crippen LogP contribution >= 0.6 is 0 Å². The Balaban J connectivity index is 1.49. The van der Waals surface area contributed by atoms with Crippen molar-refractivity contribution in [1.82, 2.24) is 9.62 Å². The van der Waals surface area contributed by atoms with Gasteiger partial charge in [-0.1, -0.05) is 23.8 Å². The molecule has 0 radical (unpaired) electrons. The lowest BCUT2D eigenvalue weighted by Crippen LogP contribution is -2.46. The summed E-state index contributed by atoms with van der Waals surface area (Å²) in [6.07, 6.45) is 1.09. The van der Waals surface area contributed by atoms with Gasteiger partial charge in [0.25, 0.3) is 5.91 Å². The quantitative estimate of drug-likeness (QED) is 0.738. The molecule has 31 heavy (non-hydrogen) atoms. The van der Waals surface area contributed by atoms with Crippen LogP contribution in [0.2, 0.25) is 0 Å². The number of benzene rings is 2. The summed E-state index contributed by atoms with van der Waals surface area (Å²) in [4.78, 5) is 24.7. The van der Waals surface area contributed by atoms with Crippen LogP contribution in [0.3, 0.4) is 0 Å². The predicted octanol–water partition coefficient (Wildman–Crippen LogP) is 2.36. The van der Waals surface area contributed by atoms with Crippen molar-refractivity contribution < 1.29 is 22.7 Å². The summed E-state index contributed by atoms with van der Waals surface area (Å²) in [5, 5.41) is 5.67. The van der Waals surface area contributed by atoms with Crippen molar-refractivity contribution in [3.8, 4) is 5.75 Å². The number of rotatable bonds is 5. The van der Waals surface area contributed by atoms with Gasteiger partial charge in [0.1, 0.15) is 11.8 Å². The molecule has 164 valence electrons. The molecule has 4 rings (SSSR count). The van der Waals surface area contributed by atoms with Crippen molar-refractivity contribution in [2.45, 2.75) is 43.7 Å². The Labute approximate surface area is 181 Å². The number of aryl methyl sites for hydroxylation is 1. The van der Waals surface area contributed by atoms with Crippen molar-refractivity contribution in [2.75, 3.05) is 18.5 Å². The molecule has 2 heterocycles. The monoisotopic (exact) mass is 443 g/mol. The molecule has 2 aromatic rings. The van der Waals surface area contributed by atoms with E-state index >= 15 is 0 Å². The van der Waals surface area contributed by atoms with E-state index in [9.17, 15) is 18.0 Å². The Kier molecular flexibility index (Phi) is 5.72. The van der Waals surface area contributed by atoms with Gasteiger partial charge in [0, 0.05) is 6.54 Å². The van der Waals surface area contributed by atoms with E-state index in [1.807, 2.05) is 19.9 Å². The molecule has 8 nitrogen and oxygen atoms in total. The number of hydrogen-bond donors (Lipinski definition) is 2. The number of anilines is 1. The van der Waals surface area contributed by atoms with Crippen LogP contribution in [0.5, 0.6) is 5.75 Å². The van der Waals surface area contributed by atoms with Gasteiger partial charge in [-0.2, -0.15) is 4.31 Å². The number of sulfonamides is 1. The van der Waals surface area contributed by atoms with Crippen LogP contribution in [0.15, 0.2) is 47.4 Å². The number of nitrogens with zero attached hydrogens (tertiary/aromatic N) is 1. The Morgan fingerprint density at radius 1 is 1.23 bits per heavy atom. The van der Waals surface area contributed by atoms with Gasteiger partial charge in [-0.25, -0.2) is 8.42 Å². The highest BCUT2D eigenvalue weighted by atomic mass is 32.2. The van der Waals surface area contributed by atoms with E-state index in [2.05, 4.69) is 10.6 Å². The van der Waals surface area contributed by atoms with E-state index in [4.69, 9.17) is 4.74 Å². The van der Waals surface area contributed by atoms with E-state index in [1.165, 1.54) is 4.31 Å². The summed E-state index contributed by atoms with van der Waals surface area (Å²) in [5.41, 5.74) is 2.30. The number of carbonyl (C=O) groups is 2. The van der Waals surface area contributed by atoms with Crippen molar-refractivity contribution >= 4 is 27.5 Å². The first kappa shape index (κ1) is 21.3. The fourth-order valence-corrected chi connectivity index (χ4v) is 5.55. The molecule has 2 aliphatic heterocycles. The summed E-state index contributed by atoms with van der Waals surface area (Å²) in [7, 11) is -3.76. The minimum absolute atomic E-state index is 0.0222. The van der Waals surface area contributed by atoms with E-state index in [0.29, 0.717) is 30.8 Å². The summed E-state index contributed by atoms with van der Waals surface area (Å²) < 4.78 is 32.9. The van der Waals surface area contributed by atoms with Gasteiger partial charge in [-0.3, -0.25) is 9.59 Å². The van der Waals surface area contributed by atoms with Crippen LogP contribution in [0.4, 0.5) is 5.69 Å². The van der Waals surface area contributed by atoms with Gasteiger partial charge in [-0.05, 0) is 56.5 Å². The SMILES string of the molecule is Cc1ccc(S(=O)(=O)N2CCC[C@H]2C(=O)NC(C)c2ccc3c(c2)NC(=O)CO3)cc1. The number of hydrogen-bond acceptors (Lipinski definition) is 5. The highest BCUT2D eigenvalue weighted by molar-refractivity contribution is 7.89. The Morgan fingerprint density at radius 2 is 1.97 bits per heavy atom. The third-order valence-electron chi connectivity index (χ3n) is 5.63. The molecule has 1 unspecified atom stereocenters. The zero-order chi connectivity index (χ0) is 22.2. The fraction of sp³-hybridized carbons (Fsp3) is 0.364. The molecular formula is C22H25N3O5S. The number of amides is 2. The topological polar surface area (TPSA) is 105 Å². The Hall–Kier alpha value is -2.91. The van der Waals surface area contributed by atoms with E-state index in [-0.39, 0.29) is 29.4 Å². The lowest BCUT2D eigenvalue weighted by Gasteiger charge is -2.26. The molecule has 2 atom stereocenters. The van der Waals surface area contributed by atoms with Crippen LogP contribution in [0, 0.1) is 6.92 Å². The third kappa shape index (κ3) is 4.28. The largest absolute Gasteiger partial charge is 0.482 e. The molecular weight excluding hydrogens is 418 g/mol. The predicted molar refractivity (Wildman–Crippen MR) is 115 cm³/mol. The number of fused-ring (bicyclic) bond motifs is 1. The van der Waals surface area contributed by atoms with Crippen LogP contribution < -0.4 is 15.4 Å². The molecule has 2 amide bonds. The first-order valence-electron chi connectivity index (χ1n) is 10.2. The van der Waals surface area contributed by atoms with Crippen LogP contribution in [-0.2, 0) is 19.6 Å². The minimum atomic E-state index is -3.76. The second kappa shape index (κ2) is 8.32. The van der Waals surface area contributed by atoms with Gasteiger partial charge in [0.15, 0.2) is 6.61 Å². The summed E-state index contributed by atoms with van der Waals surface area (Å²) >= 11 is 0. The first-order chi connectivity index (χ1) is 14.8. The normalized spacial score (nSPS) is 19.8. The maximum atomic E-state index is 13.1. The molecule has 1 saturated heterocycles. The Morgan fingerprint density at radius 3 is 2.71 bits per heavy atom. The molecule has 0 bridgehead atoms. The molecule has 1 fully saturated rings. The average molecular weight is 444 g/mol. The highest BCUT2D eigenvalue weighted by Crippen LogP contribution is 2.31. The van der Waals surface area contributed by atoms with E-state index in [1.54, 1.807) is 36.4 Å². The van der Waals surface area contributed by atoms with Gasteiger partial charge in [0.05, 0.1) is 16.6 Å². The van der Waals surface area contributed by atoms with Gasteiger partial charge < -0.3 is 15.4 Å². The zero-order valence-corrected chi connectivity index (χ0v) is 18.2. The molecule has 0 spiro atoms. The smallest absolute Gasteiger partial charge is 0.262 e. The number of carbonyl (C=O) groups excluding carboxylic acids is 2. The number of ether oxygens (including phenoxy) is 1. The molecule has 2 aliphatic rings. The summed E-state index contributed by atoms with van der Waals surface area (Å²) in [6.45, 7) is 4.00. The van der Waals surface area contributed by atoms with Crippen LogP contribution in [-0.4, -0.2) is 43.7 Å². The third-order valence-corrected chi connectivity index (χ3v) is 7.55. The average Bonchev–Trinajstić information content (AvgIpc) is 3.24. The standard InChI is InChI=1S/C22H25N3O5S/c1-14-5-8-17(9-6-14)31(28,29)25-11-3-4-19(25)22(27)23-15(2)16-7-10-20-18(12-16)24-21(26)13-30-20/h5-10,12,15,19H,3-4,11,13H2,1-2H3,(H,23,27)(H,24,26)/t15?,19-/m0/s1. The fourth-order valence-electron chi connectivity index (χ4n) is 3.90. The lowest BCUT2D eigenvalue weighted by molar-refractivity contribution is -0.125. The van der Waals surface area contributed by atoms with Gasteiger partial charge >= 0.3 is 0 Å². The van der Waals surface area contributed by atoms with Crippen LogP contribution in [0.25, 0.3) is 0 Å². The first-order valence-corrected chi connectivity index (χ1v) is 11.7. The molecule has 0 aliphatic carbocycles. The Bertz CT molecular complexity index is 1110. The minimum Gasteiger partial charge on any atom is -0.482 e. The summed E-state index contributed by atoms with van der Waals surface area (Å²) in [5.74, 6) is 0.0102. The molecule has 0 saturated carbocycles. The van der Waals surface area contributed by atoms with Crippen molar-refractivity contribution in [1.29, 1.82) is 0 Å². The van der Waals surface area contributed by atoms with Gasteiger partial charge in [0.2, 0.25) is 15.9 Å². The molecule has 9 heteroatoms. The molecule has 0 aromatic heterocycles. The number of nitrogens with one attached hydrogen (secondary N) is 2. The summed E-state index contributed by atoms with van der Waals surface area (Å²) in [6, 6.07) is 10.8. The highest BCUT2D eigenvalue weighted by Gasteiger charge is 2.39. The van der Waals surface area contributed by atoms with Crippen LogP contribution in [0.1, 0.15) is 36.9 Å². The van der Waals surface area contributed by atoms with Crippen molar-refractivity contribution in [3.05, 3.63) is 53.6 Å². The maximum Gasteiger partial charge on any atom is 0.262 e. The molecule has 2 N–H and O–H groups in total. The van der Waals surface area contributed by atoms with Crippen molar-refractivity contribution in [3.63, 3.8) is 0 Å². The second-order valence-electron chi connectivity index (χ2n) is 7.91.